The minimum Gasteiger partial charge on any atom is -0.491 e. The number of rotatable bonds is 6. The van der Waals surface area contributed by atoms with E-state index in [0.717, 1.165) is 23.6 Å². The van der Waals surface area contributed by atoms with Gasteiger partial charge in [-0.05, 0) is 26.0 Å². The molecule has 0 fully saturated rings. The molecule has 1 heterocycles. The lowest BCUT2D eigenvalue weighted by atomic mass is 10.3. The van der Waals surface area contributed by atoms with Crippen LogP contribution in [0.5, 0.6) is 5.75 Å². The van der Waals surface area contributed by atoms with Crippen LogP contribution < -0.4 is 10.1 Å². The second-order valence-corrected chi connectivity index (χ2v) is 5.17. The Bertz CT molecular complexity index is 605. The van der Waals surface area contributed by atoms with Crippen LogP contribution in [0, 0.1) is 0 Å². The number of amides is 1. The van der Waals surface area contributed by atoms with Crippen LogP contribution in [0.4, 0.5) is 0 Å². The fourth-order valence-electron chi connectivity index (χ4n) is 1.99. The van der Waals surface area contributed by atoms with Crippen LogP contribution in [-0.2, 0) is 11.2 Å². The highest BCUT2D eigenvalue weighted by Crippen LogP contribution is 2.18. The molecule has 0 aliphatic heterocycles. The summed E-state index contributed by atoms with van der Waals surface area (Å²) in [4.78, 5) is 15.2. The number of nitrogens with one attached hydrogen (secondary N) is 1. The van der Waals surface area contributed by atoms with Gasteiger partial charge < -0.3 is 14.6 Å². The number of benzene rings is 1. The van der Waals surface area contributed by atoms with Gasteiger partial charge in [0.2, 0.25) is 5.91 Å². The lowest BCUT2D eigenvalue weighted by molar-refractivity contribution is -0.118. The molecule has 5 nitrogen and oxygen atoms in total. The second-order valence-electron chi connectivity index (χ2n) is 5.17. The summed E-state index contributed by atoms with van der Waals surface area (Å²) in [6, 6.07) is 7.90. The Morgan fingerprint density at radius 2 is 2.24 bits per heavy atom. The van der Waals surface area contributed by atoms with E-state index in [2.05, 4.69) is 10.3 Å². The lowest BCUT2D eigenvalue weighted by Crippen LogP contribution is -2.22. The molecule has 0 spiro atoms. The van der Waals surface area contributed by atoms with Crippen molar-refractivity contribution >= 4 is 5.91 Å². The third kappa shape index (κ3) is 4.63. The second kappa shape index (κ2) is 6.92. The van der Waals surface area contributed by atoms with E-state index < -0.39 is 0 Å². The van der Waals surface area contributed by atoms with Gasteiger partial charge in [0.05, 0.1) is 23.8 Å². The Balaban J connectivity index is 2.05. The number of ether oxygens (including phenoxy) is 1. The van der Waals surface area contributed by atoms with Gasteiger partial charge >= 0.3 is 0 Å². The van der Waals surface area contributed by atoms with Gasteiger partial charge in [0, 0.05) is 32.2 Å². The van der Waals surface area contributed by atoms with Crippen molar-refractivity contribution in [1.82, 2.24) is 14.9 Å². The fraction of sp³-hybridized carbons (Fsp3) is 0.375. The largest absolute Gasteiger partial charge is 0.491 e. The molecule has 0 atom stereocenters. The van der Waals surface area contributed by atoms with Crippen molar-refractivity contribution in [2.75, 3.05) is 6.54 Å². The minimum atomic E-state index is -0.0204. The van der Waals surface area contributed by atoms with E-state index in [-0.39, 0.29) is 12.0 Å². The summed E-state index contributed by atoms with van der Waals surface area (Å²) in [7, 11) is 0. The number of nitrogens with zero attached hydrogens (tertiary/aromatic N) is 2. The number of carbonyl (C=O) groups is 1. The molecule has 0 saturated heterocycles. The van der Waals surface area contributed by atoms with Crippen molar-refractivity contribution < 1.29 is 9.53 Å². The predicted octanol–water partition coefficient (Wildman–Crippen LogP) is 2.34. The molecule has 0 radical (unpaired) electrons. The molecule has 1 aromatic heterocycles. The first-order chi connectivity index (χ1) is 10.0. The minimum absolute atomic E-state index is 0.0204. The molecule has 0 bridgehead atoms. The molecular weight excluding hydrogens is 266 g/mol. The van der Waals surface area contributed by atoms with E-state index in [0.29, 0.717) is 6.54 Å². The van der Waals surface area contributed by atoms with Crippen LogP contribution in [0.3, 0.4) is 0 Å². The zero-order chi connectivity index (χ0) is 15.2. The molecule has 2 aromatic rings. The summed E-state index contributed by atoms with van der Waals surface area (Å²) < 4.78 is 7.65. The highest BCUT2D eigenvalue weighted by atomic mass is 16.5. The van der Waals surface area contributed by atoms with Crippen LogP contribution in [0.2, 0.25) is 0 Å². The van der Waals surface area contributed by atoms with Gasteiger partial charge in [-0.25, -0.2) is 4.98 Å². The number of imidazole rings is 1. The summed E-state index contributed by atoms with van der Waals surface area (Å²) in [6.45, 7) is 6.12. The van der Waals surface area contributed by atoms with Crippen LogP contribution in [0.15, 0.2) is 36.8 Å². The van der Waals surface area contributed by atoms with Gasteiger partial charge in [-0.1, -0.05) is 6.07 Å². The molecule has 0 saturated carbocycles. The van der Waals surface area contributed by atoms with Gasteiger partial charge in [-0.2, -0.15) is 0 Å². The molecule has 0 aliphatic rings. The Morgan fingerprint density at radius 1 is 1.43 bits per heavy atom. The first kappa shape index (κ1) is 15.1. The van der Waals surface area contributed by atoms with E-state index in [9.17, 15) is 4.79 Å². The van der Waals surface area contributed by atoms with Crippen LogP contribution in [-0.4, -0.2) is 28.1 Å². The van der Waals surface area contributed by atoms with Crippen molar-refractivity contribution in [2.24, 2.45) is 0 Å². The molecule has 0 unspecified atom stereocenters. The smallest absolute Gasteiger partial charge is 0.216 e. The maximum atomic E-state index is 10.8. The summed E-state index contributed by atoms with van der Waals surface area (Å²) in [5.74, 6) is 0.823. The molecule has 0 aliphatic carbocycles. The number of hydrogen-bond donors (Lipinski definition) is 1. The SMILES string of the molecule is CC(=O)NCCc1cn(-c2cccc(OC(C)C)c2)cn1. The summed E-state index contributed by atoms with van der Waals surface area (Å²) in [5, 5.41) is 2.77. The first-order valence-electron chi connectivity index (χ1n) is 7.09. The van der Waals surface area contributed by atoms with E-state index in [1.807, 2.05) is 48.9 Å². The fourth-order valence-corrected chi connectivity index (χ4v) is 1.99. The lowest BCUT2D eigenvalue weighted by Gasteiger charge is -2.11. The summed E-state index contributed by atoms with van der Waals surface area (Å²) >= 11 is 0. The zero-order valence-electron chi connectivity index (χ0n) is 12.7. The molecule has 2 rings (SSSR count). The maximum absolute atomic E-state index is 10.8. The summed E-state index contributed by atoms with van der Waals surface area (Å²) in [5.41, 5.74) is 1.95. The average molecular weight is 287 g/mol. The zero-order valence-corrected chi connectivity index (χ0v) is 12.7. The Labute approximate surface area is 125 Å². The summed E-state index contributed by atoms with van der Waals surface area (Å²) in [6.07, 6.45) is 4.61. The van der Waals surface area contributed by atoms with E-state index in [1.165, 1.54) is 6.92 Å². The van der Waals surface area contributed by atoms with Crippen molar-refractivity contribution in [3.05, 3.63) is 42.5 Å². The topological polar surface area (TPSA) is 56.2 Å². The van der Waals surface area contributed by atoms with Crippen LogP contribution in [0.1, 0.15) is 26.5 Å². The van der Waals surface area contributed by atoms with Crippen molar-refractivity contribution in [3.63, 3.8) is 0 Å². The van der Waals surface area contributed by atoms with Crippen molar-refractivity contribution in [2.45, 2.75) is 33.3 Å². The molecule has 1 N–H and O–H groups in total. The predicted molar refractivity (Wildman–Crippen MR) is 81.7 cm³/mol. The Hall–Kier alpha value is -2.30. The molecular formula is C16H21N3O2. The van der Waals surface area contributed by atoms with Crippen molar-refractivity contribution in [1.29, 1.82) is 0 Å². The van der Waals surface area contributed by atoms with Crippen LogP contribution in [0.25, 0.3) is 5.69 Å². The van der Waals surface area contributed by atoms with Gasteiger partial charge in [0.15, 0.2) is 0 Å². The van der Waals surface area contributed by atoms with E-state index in [1.54, 1.807) is 6.33 Å². The van der Waals surface area contributed by atoms with E-state index in [4.69, 9.17) is 4.74 Å². The maximum Gasteiger partial charge on any atom is 0.216 e. The molecule has 5 heteroatoms. The molecule has 1 amide bonds. The Morgan fingerprint density at radius 3 is 2.95 bits per heavy atom. The third-order valence-electron chi connectivity index (χ3n) is 2.88. The van der Waals surface area contributed by atoms with Crippen molar-refractivity contribution in [3.8, 4) is 11.4 Å². The Kier molecular flexibility index (Phi) is 4.98. The van der Waals surface area contributed by atoms with E-state index >= 15 is 0 Å². The van der Waals surface area contributed by atoms with Gasteiger partial charge in [-0.3, -0.25) is 4.79 Å². The quantitative estimate of drug-likeness (QED) is 0.887. The average Bonchev–Trinajstić information content (AvgIpc) is 2.86. The number of hydrogen-bond acceptors (Lipinski definition) is 3. The first-order valence-corrected chi connectivity index (χ1v) is 7.09. The van der Waals surface area contributed by atoms with Gasteiger partial charge in [0.1, 0.15) is 5.75 Å². The molecule has 21 heavy (non-hydrogen) atoms. The van der Waals surface area contributed by atoms with Gasteiger partial charge in [-0.15, -0.1) is 0 Å². The standard InChI is InChI=1S/C16H21N3O2/c1-12(2)21-16-6-4-5-15(9-16)19-10-14(18-11-19)7-8-17-13(3)20/h4-6,9-12H,7-8H2,1-3H3,(H,17,20). The normalized spacial score (nSPS) is 10.7. The molecule has 112 valence electrons. The highest BCUT2D eigenvalue weighted by molar-refractivity contribution is 5.72. The third-order valence-corrected chi connectivity index (χ3v) is 2.88. The van der Waals surface area contributed by atoms with Crippen LogP contribution >= 0.6 is 0 Å². The number of carbonyl (C=O) groups excluding carboxylic acids is 1. The molecule has 1 aromatic carbocycles. The van der Waals surface area contributed by atoms with Gasteiger partial charge in [0.25, 0.3) is 0 Å². The number of aromatic nitrogens is 2. The highest BCUT2D eigenvalue weighted by Gasteiger charge is 2.04. The monoisotopic (exact) mass is 287 g/mol.